The lowest BCUT2D eigenvalue weighted by atomic mass is 9.67. The Balaban J connectivity index is 2.14. The summed E-state index contributed by atoms with van der Waals surface area (Å²) in [5, 5.41) is 3.96. The summed E-state index contributed by atoms with van der Waals surface area (Å²) in [4.78, 5) is 8.11. The van der Waals surface area contributed by atoms with Crippen LogP contribution >= 0.6 is 23.2 Å². The van der Waals surface area contributed by atoms with Crippen molar-refractivity contribution in [1.29, 1.82) is 0 Å². The second-order valence-corrected chi connectivity index (χ2v) is 5.71. The Bertz CT molecular complexity index is 425. The summed E-state index contributed by atoms with van der Waals surface area (Å²) in [6.07, 6.45) is 2.43. The molecule has 94 valence electrons. The predicted molar refractivity (Wildman–Crippen MR) is 69.0 cm³/mol. The van der Waals surface area contributed by atoms with Crippen LogP contribution in [0.1, 0.15) is 20.3 Å². The standard InChI is InChI=1S/C11H15Cl2N3O/c1-11(2)7(13)4-8(11)15-9-6(12)5-14-10(16-9)17-3/h5,7-8H,4H2,1-3H3,(H,14,15,16). The number of alkyl halides is 1. The molecule has 0 aliphatic heterocycles. The molecular formula is C11H15Cl2N3O. The molecule has 17 heavy (non-hydrogen) atoms. The van der Waals surface area contributed by atoms with E-state index in [-0.39, 0.29) is 16.8 Å². The van der Waals surface area contributed by atoms with Gasteiger partial charge in [-0.05, 0) is 6.42 Å². The number of nitrogens with zero attached hydrogens (tertiary/aromatic N) is 2. The Hall–Kier alpha value is -0.740. The van der Waals surface area contributed by atoms with Gasteiger partial charge in [0.2, 0.25) is 0 Å². The Kier molecular flexibility index (Phi) is 3.36. The van der Waals surface area contributed by atoms with Gasteiger partial charge in [-0.2, -0.15) is 4.98 Å². The van der Waals surface area contributed by atoms with Gasteiger partial charge in [-0.15, -0.1) is 11.6 Å². The number of halogens is 2. The Morgan fingerprint density at radius 3 is 2.76 bits per heavy atom. The molecule has 0 bridgehead atoms. The van der Waals surface area contributed by atoms with Crippen molar-refractivity contribution in [2.24, 2.45) is 5.41 Å². The maximum Gasteiger partial charge on any atom is 0.318 e. The smallest absolute Gasteiger partial charge is 0.318 e. The van der Waals surface area contributed by atoms with E-state index in [0.29, 0.717) is 16.9 Å². The fraction of sp³-hybridized carbons (Fsp3) is 0.636. The second kappa shape index (κ2) is 4.50. The fourth-order valence-corrected chi connectivity index (χ4v) is 2.31. The molecule has 0 aromatic carbocycles. The first-order valence-corrected chi connectivity index (χ1v) is 6.23. The summed E-state index contributed by atoms with van der Waals surface area (Å²) < 4.78 is 4.97. The zero-order valence-corrected chi connectivity index (χ0v) is 11.5. The van der Waals surface area contributed by atoms with Crippen LogP contribution in [0, 0.1) is 5.41 Å². The van der Waals surface area contributed by atoms with Crippen molar-refractivity contribution in [3.63, 3.8) is 0 Å². The normalized spacial score (nSPS) is 26.2. The SMILES string of the molecule is COc1ncc(Cl)c(NC2CC(Cl)C2(C)C)n1. The summed E-state index contributed by atoms with van der Waals surface area (Å²) >= 11 is 12.2. The average molecular weight is 276 g/mol. The minimum Gasteiger partial charge on any atom is -0.467 e. The maximum absolute atomic E-state index is 6.17. The third-order valence-corrected chi connectivity index (χ3v) is 4.38. The van der Waals surface area contributed by atoms with E-state index in [0.717, 1.165) is 6.42 Å². The molecule has 1 aromatic rings. The third kappa shape index (κ3) is 2.29. The summed E-state index contributed by atoms with van der Waals surface area (Å²) in [5.41, 5.74) is 0.0308. The first kappa shape index (κ1) is 12.7. The summed E-state index contributed by atoms with van der Waals surface area (Å²) in [5.74, 6) is 0.597. The molecule has 1 heterocycles. The van der Waals surface area contributed by atoms with Crippen LogP contribution in [-0.4, -0.2) is 28.5 Å². The number of nitrogens with one attached hydrogen (secondary N) is 1. The minimum absolute atomic E-state index is 0.0308. The van der Waals surface area contributed by atoms with Gasteiger partial charge in [0.1, 0.15) is 5.02 Å². The Morgan fingerprint density at radius 1 is 1.53 bits per heavy atom. The molecule has 1 aliphatic carbocycles. The van der Waals surface area contributed by atoms with Gasteiger partial charge in [0.15, 0.2) is 5.82 Å². The van der Waals surface area contributed by atoms with Crippen LogP contribution in [0.3, 0.4) is 0 Å². The first-order chi connectivity index (χ1) is 7.95. The monoisotopic (exact) mass is 275 g/mol. The van der Waals surface area contributed by atoms with E-state index < -0.39 is 0 Å². The van der Waals surface area contributed by atoms with Crippen LogP contribution in [-0.2, 0) is 0 Å². The quantitative estimate of drug-likeness (QED) is 0.862. The number of aromatic nitrogens is 2. The van der Waals surface area contributed by atoms with Crippen LogP contribution in [0.4, 0.5) is 5.82 Å². The van der Waals surface area contributed by atoms with Crippen LogP contribution in [0.25, 0.3) is 0 Å². The molecule has 0 radical (unpaired) electrons. The number of hydrogen-bond donors (Lipinski definition) is 1. The van der Waals surface area contributed by atoms with Gasteiger partial charge in [0.05, 0.1) is 13.3 Å². The van der Waals surface area contributed by atoms with E-state index in [1.165, 1.54) is 13.3 Å². The molecule has 1 fully saturated rings. The number of anilines is 1. The molecule has 0 spiro atoms. The van der Waals surface area contributed by atoms with E-state index in [1.54, 1.807) is 0 Å². The van der Waals surface area contributed by atoms with Gasteiger partial charge < -0.3 is 10.1 Å². The number of methoxy groups -OCH3 is 1. The molecule has 2 unspecified atom stereocenters. The predicted octanol–water partition coefficient (Wildman–Crippen LogP) is 2.96. The topological polar surface area (TPSA) is 47.0 Å². The first-order valence-electron chi connectivity index (χ1n) is 5.42. The molecule has 0 amide bonds. The highest BCUT2D eigenvalue weighted by Crippen LogP contribution is 2.46. The van der Waals surface area contributed by atoms with Gasteiger partial charge in [-0.25, -0.2) is 4.98 Å². The molecule has 1 N–H and O–H groups in total. The van der Waals surface area contributed by atoms with Crippen molar-refractivity contribution in [2.45, 2.75) is 31.7 Å². The molecule has 6 heteroatoms. The molecular weight excluding hydrogens is 261 g/mol. The van der Waals surface area contributed by atoms with Gasteiger partial charge in [-0.3, -0.25) is 0 Å². The van der Waals surface area contributed by atoms with Crippen LogP contribution < -0.4 is 10.1 Å². The van der Waals surface area contributed by atoms with E-state index in [2.05, 4.69) is 29.1 Å². The highest BCUT2D eigenvalue weighted by molar-refractivity contribution is 6.32. The van der Waals surface area contributed by atoms with Gasteiger partial charge in [0.25, 0.3) is 0 Å². The summed E-state index contributed by atoms with van der Waals surface area (Å²) in [7, 11) is 1.52. The van der Waals surface area contributed by atoms with E-state index in [4.69, 9.17) is 27.9 Å². The van der Waals surface area contributed by atoms with E-state index >= 15 is 0 Å². The fourth-order valence-electron chi connectivity index (χ4n) is 1.83. The maximum atomic E-state index is 6.17. The van der Waals surface area contributed by atoms with Gasteiger partial charge in [0, 0.05) is 16.8 Å². The highest BCUT2D eigenvalue weighted by atomic mass is 35.5. The second-order valence-electron chi connectivity index (χ2n) is 4.77. The largest absolute Gasteiger partial charge is 0.467 e. The van der Waals surface area contributed by atoms with Crippen LogP contribution in [0.2, 0.25) is 5.02 Å². The van der Waals surface area contributed by atoms with Crippen LogP contribution in [0.5, 0.6) is 6.01 Å². The van der Waals surface area contributed by atoms with Crippen molar-refractivity contribution < 1.29 is 4.74 Å². The highest BCUT2D eigenvalue weighted by Gasteiger charge is 2.47. The zero-order valence-electron chi connectivity index (χ0n) is 10.00. The van der Waals surface area contributed by atoms with Crippen LogP contribution in [0.15, 0.2) is 6.20 Å². The minimum atomic E-state index is 0.0308. The Labute approximate surface area is 111 Å². The average Bonchev–Trinajstić information content (AvgIpc) is 2.31. The lowest BCUT2D eigenvalue weighted by Gasteiger charge is -2.49. The molecule has 4 nitrogen and oxygen atoms in total. The number of ether oxygens (including phenoxy) is 1. The number of hydrogen-bond acceptors (Lipinski definition) is 4. The molecule has 2 rings (SSSR count). The van der Waals surface area contributed by atoms with E-state index in [1.807, 2.05) is 0 Å². The lowest BCUT2D eigenvalue weighted by molar-refractivity contribution is 0.168. The Morgan fingerprint density at radius 2 is 2.24 bits per heavy atom. The molecule has 2 atom stereocenters. The van der Waals surface area contributed by atoms with Crippen molar-refractivity contribution in [3.05, 3.63) is 11.2 Å². The summed E-state index contributed by atoms with van der Waals surface area (Å²) in [6, 6.07) is 0.568. The van der Waals surface area contributed by atoms with Crippen molar-refractivity contribution >= 4 is 29.0 Å². The van der Waals surface area contributed by atoms with E-state index in [9.17, 15) is 0 Å². The zero-order chi connectivity index (χ0) is 12.6. The molecule has 0 saturated heterocycles. The number of rotatable bonds is 3. The molecule has 1 aromatic heterocycles. The molecule has 1 saturated carbocycles. The van der Waals surface area contributed by atoms with Crippen molar-refractivity contribution in [3.8, 4) is 6.01 Å². The molecule has 1 aliphatic rings. The van der Waals surface area contributed by atoms with Crippen molar-refractivity contribution in [2.75, 3.05) is 12.4 Å². The summed E-state index contributed by atoms with van der Waals surface area (Å²) in [6.45, 7) is 4.25. The van der Waals surface area contributed by atoms with Gasteiger partial charge >= 0.3 is 6.01 Å². The van der Waals surface area contributed by atoms with Crippen molar-refractivity contribution in [1.82, 2.24) is 9.97 Å². The van der Waals surface area contributed by atoms with Gasteiger partial charge in [-0.1, -0.05) is 25.4 Å². The third-order valence-electron chi connectivity index (χ3n) is 3.36. The lowest BCUT2D eigenvalue weighted by Crippen LogP contribution is -2.54.